The lowest BCUT2D eigenvalue weighted by atomic mass is 10.1. The first-order chi connectivity index (χ1) is 7.91. The van der Waals surface area contributed by atoms with Crippen molar-refractivity contribution in [1.82, 2.24) is 0 Å². The number of ether oxygens (including phenoxy) is 1. The Bertz CT molecular complexity index is 378. The third-order valence-corrected chi connectivity index (χ3v) is 2.84. The lowest BCUT2D eigenvalue weighted by Gasteiger charge is -2.16. The van der Waals surface area contributed by atoms with Gasteiger partial charge in [-0.3, -0.25) is 4.79 Å². The second-order valence-corrected chi connectivity index (χ2v) is 4.60. The normalized spacial score (nSPS) is 14.4. The van der Waals surface area contributed by atoms with Gasteiger partial charge in [0.15, 0.2) is 0 Å². The average Bonchev–Trinajstić information content (AvgIpc) is 2.27. The van der Waals surface area contributed by atoms with Gasteiger partial charge in [-0.1, -0.05) is 12.1 Å². The first-order valence-corrected chi connectivity index (χ1v) is 5.86. The molecule has 94 valence electrons. The van der Waals surface area contributed by atoms with Crippen LogP contribution < -0.4 is 10.5 Å². The summed E-state index contributed by atoms with van der Waals surface area (Å²) in [7, 11) is 0. The van der Waals surface area contributed by atoms with E-state index in [9.17, 15) is 4.79 Å². The minimum atomic E-state index is -1.06. The van der Waals surface area contributed by atoms with E-state index in [2.05, 4.69) is 12.6 Å². The fourth-order valence-electron chi connectivity index (χ4n) is 1.36. The zero-order valence-electron chi connectivity index (χ0n) is 9.83. The van der Waals surface area contributed by atoms with Crippen LogP contribution in [0.25, 0.3) is 0 Å². The Morgan fingerprint density at radius 3 is 2.29 bits per heavy atom. The summed E-state index contributed by atoms with van der Waals surface area (Å²) >= 11 is 4.21. The summed E-state index contributed by atoms with van der Waals surface area (Å²) in [6, 6.07) is 6.10. The summed E-state index contributed by atoms with van der Waals surface area (Å²) in [6.07, 6.45) is 0.105. The van der Waals surface area contributed by atoms with Gasteiger partial charge in [-0.2, -0.15) is 12.6 Å². The minimum absolute atomic E-state index is 0.105. The van der Waals surface area contributed by atoms with Gasteiger partial charge < -0.3 is 15.6 Å². The van der Waals surface area contributed by atoms with Crippen molar-refractivity contribution in [2.24, 2.45) is 5.73 Å². The van der Waals surface area contributed by atoms with Gasteiger partial charge in [0, 0.05) is 0 Å². The van der Waals surface area contributed by atoms with E-state index >= 15 is 0 Å². The van der Waals surface area contributed by atoms with Crippen molar-refractivity contribution in [3.05, 3.63) is 29.8 Å². The number of hydrogen-bond donors (Lipinski definition) is 3. The number of carboxylic acid groups (broad SMARTS) is 1. The van der Waals surface area contributed by atoms with Gasteiger partial charge >= 0.3 is 5.97 Å². The summed E-state index contributed by atoms with van der Waals surface area (Å²) in [5.41, 5.74) is 6.27. The van der Waals surface area contributed by atoms with Crippen LogP contribution in [0.3, 0.4) is 0 Å². The molecule has 0 aliphatic rings. The predicted octanol–water partition coefficient (Wildman–Crippen LogP) is 1.86. The van der Waals surface area contributed by atoms with E-state index in [1.54, 1.807) is 24.3 Å². The third kappa shape index (κ3) is 3.94. The molecule has 0 saturated heterocycles. The lowest BCUT2D eigenvalue weighted by Crippen LogP contribution is -2.34. The summed E-state index contributed by atoms with van der Waals surface area (Å²) in [5, 5.41) is 8.26. The first kappa shape index (κ1) is 13.9. The van der Waals surface area contributed by atoms with Gasteiger partial charge in [-0.25, -0.2) is 0 Å². The van der Waals surface area contributed by atoms with E-state index in [-0.39, 0.29) is 6.10 Å². The molecule has 5 heteroatoms. The first-order valence-electron chi connectivity index (χ1n) is 5.35. The van der Waals surface area contributed by atoms with Crippen LogP contribution in [0.1, 0.15) is 24.7 Å². The van der Waals surface area contributed by atoms with Gasteiger partial charge in [0.25, 0.3) is 0 Å². The summed E-state index contributed by atoms with van der Waals surface area (Å²) in [4.78, 5) is 10.7. The molecule has 2 unspecified atom stereocenters. The molecular formula is C12H17NO3S. The maximum absolute atomic E-state index is 10.7. The number of carbonyl (C=O) groups is 1. The molecule has 0 saturated carbocycles. The second kappa shape index (κ2) is 5.93. The zero-order valence-corrected chi connectivity index (χ0v) is 10.7. The Morgan fingerprint density at radius 2 is 1.88 bits per heavy atom. The molecule has 0 bridgehead atoms. The monoisotopic (exact) mass is 255 g/mol. The number of rotatable bonds is 5. The maximum atomic E-state index is 10.7. The Morgan fingerprint density at radius 1 is 1.35 bits per heavy atom. The van der Waals surface area contributed by atoms with Gasteiger partial charge in [-0.15, -0.1) is 0 Å². The number of hydrogen-bond acceptors (Lipinski definition) is 4. The summed E-state index contributed by atoms with van der Waals surface area (Å²) in [5.74, 6) is -0.319. The Kier molecular flexibility index (Phi) is 4.84. The van der Waals surface area contributed by atoms with E-state index in [0.717, 1.165) is 11.3 Å². The van der Waals surface area contributed by atoms with Crippen molar-refractivity contribution < 1.29 is 14.6 Å². The minimum Gasteiger partial charge on any atom is -0.491 e. The van der Waals surface area contributed by atoms with E-state index in [4.69, 9.17) is 15.6 Å². The summed E-state index contributed by atoms with van der Waals surface area (Å²) in [6.45, 7) is 3.88. The average molecular weight is 255 g/mol. The van der Waals surface area contributed by atoms with Crippen molar-refractivity contribution in [3.63, 3.8) is 0 Å². The molecule has 0 fully saturated rings. The SMILES string of the molecule is CC(C)Oc1ccc(C(S)C(N)C(=O)O)cc1. The van der Waals surface area contributed by atoms with Crippen LogP contribution in [0.15, 0.2) is 24.3 Å². The molecule has 4 nitrogen and oxygen atoms in total. The molecule has 1 rings (SSSR count). The second-order valence-electron chi connectivity index (χ2n) is 4.04. The molecule has 0 heterocycles. The van der Waals surface area contributed by atoms with Crippen LogP contribution in [-0.4, -0.2) is 23.2 Å². The van der Waals surface area contributed by atoms with Crippen LogP contribution in [0, 0.1) is 0 Å². The van der Waals surface area contributed by atoms with Crippen LogP contribution >= 0.6 is 12.6 Å². The van der Waals surface area contributed by atoms with Crippen molar-refractivity contribution in [2.45, 2.75) is 31.2 Å². The molecule has 0 aliphatic carbocycles. The van der Waals surface area contributed by atoms with Crippen LogP contribution in [0.5, 0.6) is 5.75 Å². The Hall–Kier alpha value is -1.20. The van der Waals surface area contributed by atoms with Crippen molar-refractivity contribution >= 4 is 18.6 Å². The number of benzene rings is 1. The van der Waals surface area contributed by atoms with Gasteiger partial charge in [0.1, 0.15) is 11.8 Å². The molecule has 0 radical (unpaired) electrons. The molecule has 0 aliphatic heterocycles. The zero-order chi connectivity index (χ0) is 13.0. The molecule has 0 aromatic heterocycles. The van der Waals surface area contributed by atoms with Crippen molar-refractivity contribution in [3.8, 4) is 5.75 Å². The fourth-order valence-corrected chi connectivity index (χ4v) is 1.66. The summed E-state index contributed by atoms with van der Waals surface area (Å²) < 4.78 is 5.48. The van der Waals surface area contributed by atoms with E-state index < -0.39 is 17.3 Å². The highest BCUT2D eigenvalue weighted by Crippen LogP contribution is 2.25. The fraction of sp³-hybridized carbons (Fsp3) is 0.417. The number of nitrogens with two attached hydrogens (primary N) is 1. The molecule has 17 heavy (non-hydrogen) atoms. The van der Waals surface area contributed by atoms with Crippen LogP contribution in [0.2, 0.25) is 0 Å². The molecule has 1 aromatic rings. The lowest BCUT2D eigenvalue weighted by molar-refractivity contribution is -0.138. The highest BCUT2D eigenvalue weighted by Gasteiger charge is 2.22. The Balaban J connectivity index is 2.76. The third-order valence-electron chi connectivity index (χ3n) is 2.22. The highest BCUT2D eigenvalue weighted by atomic mass is 32.1. The largest absolute Gasteiger partial charge is 0.491 e. The van der Waals surface area contributed by atoms with E-state index in [1.807, 2.05) is 13.8 Å². The Labute approximate surface area is 106 Å². The van der Waals surface area contributed by atoms with Crippen LogP contribution in [0.4, 0.5) is 0 Å². The van der Waals surface area contributed by atoms with Gasteiger partial charge in [0.2, 0.25) is 0 Å². The van der Waals surface area contributed by atoms with Crippen LogP contribution in [-0.2, 0) is 4.79 Å². The molecule has 0 spiro atoms. The molecule has 0 amide bonds. The molecule has 1 aromatic carbocycles. The quantitative estimate of drug-likeness (QED) is 0.702. The van der Waals surface area contributed by atoms with E-state index in [1.165, 1.54) is 0 Å². The smallest absolute Gasteiger partial charge is 0.321 e. The standard InChI is InChI=1S/C12H17NO3S/c1-7(2)16-9-5-3-8(4-6-9)11(17)10(13)12(14)15/h3-7,10-11,17H,13H2,1-2H3,(H,14,15). The number of aliphatic carboxylic acids is 1. The number of thiol groups is 1. The maximum Gasteiger partial charge on any atom is 0.321 e. The molecular weight excluding hydrogens is 238 g/mol. The highest BCUT2D eigenvalue weighted by molar-refractivity contribution is 7.80. The topological polar surface area (TPSA) is 72.5 Å². The van der Waals surface area contributed by atoms with Crippen molar-refractivity contribution in [1.29, 1.82) is 0 Å². The molecule has 3 N–H and O–H groups in total. The van der Waals surface area contributed by atoms with Gasteiger partial charge in [-0.05, 0) is 31.5 Å². The molecule has 2 atom stereocenters. The van der Waals surface area contributed by atoms with E-state index in [0.29, 0.717) is 0 Å². The van der Waals surface area contributed by atoms with Crippen molar-refractivity contribution in [2.75, 3.05) is 0 Å². The van der Waals surface area contributed by atoms with Gasteiger partial charge in [0.05, 0.1) is 11.4 Å². The predicted molar refractivity (Wildman–Crippen MR) is 69.5 cm³/mol. The number of carboxylic acids is 1.